The van der Waals surface area contributed by atoms with Gasteiger partial charge in [0.15, 0.2) is 11.5 Å². The number of nitrogens with zero attached hydrogens (tertiary/aromatic N) is 2. The summed E-state index contributed by atoms with van der Waals surface area (Å²) in [6, 6.07) is 9.39. The summed E-state index contributed by atoms with van der Waals surface area (Å²) in [4.78, 5) is 27.3. The van der Waals surface area contributed by atoms with E-state index >= 15 is 0 Å². The van der Waals surface area contributed by atoms with Crippen molar-refractivity contribution in [3.63, 3.8) is 0 Å². The van der Waals surface area contributed by atoms with Crippen molar-refractivity contribution in [3.05, 3.63) is 52.9 Å². The van der Waals surface area contributed by atoms with Gasteiger partial charge in [-0.3, -0.25) is 9.59 Å². The first-order chi connectivity index (χ1) is 12.0. The molecule has 2 heterocycles. The molecule has 1 aromatic heterocycles. The van der Waals surface area contributed by atoms with E-state index in [1.807, 2.05) is 49.1 Å². The number of ketones is 1. The van der Waals surface area contributed by atoms with Gasteiger partial charge in [0.1, 0.15) is 5.56 Å². The monoisotopic (exact) mass is 340 g/mol. The number of carbonyl (C=O) groups is 2. The van der Waals surface area contributed by atoms with E-state index < -0.39 is 0 Å². The van der Waals surface area contributed by atoms with Crippen molar-refractivity contribution in [1.82, 2.24) is 10.1 Å². The van der Waals surface area contributed by atoms with Gasteiger partial charge in [0, 0.05) is 30.5 Å². The number of hydrogen-bond donors (Lipinski definition) is 0. The zero-order chi connectivity index (χ0) is 18.0. The second kappa shape index (κ2) is 7.21. The molecular weight excluding hydrogens is 316 g/mol. The van der Waals surface area contributed by atoms with Crippen molar-refractivity contribution in [2.24, 2.45) is 5.92 Å². The highest BCUT2D eigenvalue weighted by atomic mass is 16.5. The molecule has 0 unspecified atom stereocenters. The average molecular weight is 340 g/mol. The van der Waals surface area contributed by atoms with Crippen molar-refractivity contribution >= 4 is 11.7 Å². The molecule has 132 valence electrons. The molecule has 0 N–H and O–H groups in total. The number of rotatable bonds is 4. The van der Waals surface area contributed by atoms with Crippen LogP contribution in [0, 0.1) is 12.8 Å². The van der Waals surface area contributed by atoms with E-state index in [4.69, 9.17) is 4.52 Å². The van der Waals surface area contributed by atoms with Gasteiger partial charge in [0.05, 0.1) is 5.69 Å². The van der Waals surface area contributed by atoms with Crippen molar-refractivity contribution in [2.75, 3.05) is 13.1 Å². The Bertz CT molecular complexity index is 757. The van der Waals surface area contributed by atoms with Crippen LogP contribution < -0.4 is 0 Å². The lowest BCUT2D eigenvalue weighted by molar-refractivity contribution is 0.0647. The number of hydrogen-bond acceptors (Lipinski definition) is 4. The van der Waals surface area contributed by atoms with Crippen molar-refractivity contribution in [1.29, 1.82) is 0 Å². The fourth-order valence-corrected chi connectivity index (χ4v) is 3.38. The molecule has 1 aliphatic heterocycles. The Hall–Kier alpha value is -2.43. The van der Waals surface area contributed by atoms with Crippen LogP contribution in [0.5, 0.6) is 0 Å². The summed E-state index contributed by atoms with van der Waals surface area (Å²) in [5.41, 5.74) is 1.98. The summed E-state index contributed by atoms with van der Waals surface area (Å²) in [5, 5.41) is 3.96. The summed E-state index contributed by atoms with van der Waals surface area (Å²) in [5.74, 6) is 0.881. The van der Waals surface area contributed by atoms with Crippen LogP contribution in [-0.2, 0) is 0 Å². The molecule has 0 spiro atoms. The molecule has 3 rings (SSSR count). The molecule has 25 heavy (non-hydrogen) atoms. The van der Waals surface area contributed by atoms with E-state index in [9.17, 15) is 9.59 Å². The van der Waals surface area contributed by atoms with E-state index in [1.165, 1.54) is 0 Å². The smallest absolute Gasteiger partial charge is 0.259 e. The van der Waals surface area contributed by atoms with Gasteiger partial charge in [0.2, 0.25) is 0 Å². The minimum Gasteiger partial charge on any atom is -0.360 e. The zero-order valence-electron chi connectivity index (χ0n) is 15.0. The second-order valence-electron chi connectivity index (χ2n) is 6.96. The molecule has 5 heteroatoms. The minimum absolute atomic E-state index is 0.0143. The van der Waals surface area contributed by atoms with Gasteiger partial charge in [-0.05, 0) is 19.8 Å². The van der Waals surface area contributed by atoms with E-state index in [0.717, 1.165) is 5.56 Å². The summed E-state index contributed by atoms with van der Waals surface area (Å²) < 4.78 is 5.33. The highest BCUT2D eigenvalue weighted by Gasteiger charge is 2.31. The Morgan fingerprint density at radius 2 is 1.80 bits per heavy atom. The maximum absolute atomic E-state index is 12.9. The third-order valence-electron chi connectivity index (χ3n) is 4.84. The highest BCUT2D eigenvalue weighted by molar-refractivity contribution is 5.99. The number of likely N-dealkylation sites (tertiary alicyclic amines) is 1. The molecule has 1 fully saturated rings. The molecule has 1 amide bonds. The zero-order valence-corrected chi connectivity index (χ0v) is 15.0. The summed E-state index contributed by atoms with van der Waals surface area (Å²) in [6.45, 7) is 6.95. The van der Waals surface area contributed by atoms with E-state index in [2.05, 4.69) is 5.16 Å². The third-order valence-corrected chi connectivity index (χ3v) is 4.84. The Labute approximate surface area is 148 Å². The van der Waals surface area contributed by atoms with Crippen LogP contribution in [0.3, 0.4) is 0 Å². The van der Waals surface area contributed by atoms with Gasteiger partial charge < -0.3 is 9.42 Å². The van der Waals surface area contributed by atoms with Gasteiger partial charge in [-0.2, -0.15) is 0 Å². The second-order valence-corrected chi connectivity index (χ2v) is 6.96. The normalized spacial score (nSPS) is 15.6. The predicted octanol–water partition coefficient (Wildman–Crippen LogP) is 3.84. The minimum atomic E-state index is -0.0342. The fourth-order valence-electron chi connectivity index (χ4n) is 3.38. The number of amides is 1. The number of piperidine rings is 1. The molecule has 1 aromatic carbocycles. The van der Waals surface area contributed by atoms with Gasteiger partial charge in [-0.25, -0.2) is 0 Å². The number of carbonyl (C=O) groups excluding carboxylic acids is 2. The number of aromatic nitrogens is 1. The Balaban J connectivity index is 1.68. The molecule has 0 saturated carbocycles. The SMILES string of the molecule is Cc1noc(C(C)C)c1C(=O)N1CCC(C(=O)c2ccccc2)CC1. The molecule has 0 radical (unpaired) electrons. The molecule has 0 atom stereocenters. The molecule has 1 saturated heterocycles. The standard InChI is InChI=1S/C20H24N2O3/c1-13(2)19-17(14(3)21-25-19)20(24)22-11-9-16(10-12-22)18(23)15-7-5-4-6-8-15/h4-8,13,16H,9-12H2,1-3H3. The highest BCUT2D eigenvalue weighted by Crippen LogP contribution is 2.27. The molecule has 1 aliphatic rings. The van der Waals surface area contributed by atoms with Crippen molar-refractivity contribution in [2.45, 2.75) is 39.5 Å². The molecule has 2 aromatic rings. The number of Topliss-reactive ketones (excluding diaryl/α,β-unsaturated/α-hetero) is 1. The van der Waals surface area contributed by atoms with Gasteiger partial charge >= 0.3 is 0 Å². The molecular formula is C20H24N2O3. The van der Waals surface area contributed by atoms with E-state index in [1.54, 1.807) is 6.92 Å². The first-order valence-electron chi connectivity index (χ1n) is 8.83. The van der Waals surface area contributed by atoms with E-state index in [-0.39, 0.29) is 23.5 Å². The van der Waals surface area contributed by atoms with Crippen LogP contribution in [-0.4, -0.2) is 34.8 Å². The predicted molar refractivity (Wildman–Crippen MR) is 94.7 cm³/mol. The van der Waals surface area contributed by atoms with Crippen molar-refractivity contribution in [3.8, 4) is 0 Å². The first kappa shape index (κ1) is 17.4. The number of benzene rings is 1. The topological polar surface area (TPSA) is 63.4 Å². The lowest BCUT2D eigenvalue weighted by atomic mass is 9.88. The van der Waals surface area contributed by atoms with Gasteiger partial charge in [-0.15, -0.1) is 0 Å². The summed E-state index contributed by atoms with van der Waals surface area (Å²) in [7, 11) is 0. The summed E-state index contributed by atoms with van der Waals surface area (Å²) >= 11 is 0. The van der Waals surface area contributed by atoms with Crippen LogP contribution in [0.1, 0.15) is 64.8 Å². The summed E-state index contributed by atoms with van der Waals surface area (Å²) in [6.07, 6.45) is 1.39. The lowest BCUT2D eigenvalue weighted by Gasteiger charge is -2.31. The largest absolute Gasteiger partial charge is 0.360 e. The van der Waals surface area contributed by atoms with Crippen LogP contribution in [0.2, 0.25) is 0 Å². The molecule has 5 nitrogen and oxygen atoms in total. The maximum atomic E-state index is 12.9. The lowest BCUT2D eigenvalue weighted by Crippen LogP contribution is -2.40. The Kier molecular flexibility index (Phi) is 5.02. The molecule has 0 bridgehead atoms. The Morgan fingerprint density at radius 1 is 1.16 bits per heavy atom. The Morgan fingerprint density at radius 3 is 2.40 bits per heavy atom. The maximum Gasteiger partial charge on any atom is 0.259 e. The molecule has 0 aliphatic carbocycles. The number of aryl methyl sites for hydroxylation is 1. The van der Waals surface area contributed by atoms with Crippen LogP contribution in [0.4, 0.5) is 0 Å². The van der Waals surface area contributed by atoms with Gasteiger partial charge in [-0.1, -0.05) is 49.3 Å². The quantitative estimate of drug-likeness (QED) is 0.793. The van der Waals surface area contributed by atoms with Crippen LogP contribution in [0.15, 0.2) is 34.9 Å². The first-order valence-corrected chi connectivity index (χ1v) is 8.83. The van der Waals surface area contributed by atoms with Gasteiger partial charge in [0.25, 0.3) is 5.91 Å². The van der Waals surface area contributed by atoms with Crippen molar-refractivity contribution < 1.29 is 14.1 Å². The van der Waals surface area contributed by atoms with E-state index in [0.29, 0.717) is 42.9 Å². The fraction of sp³-hybridized carbons (Fsp3) is 0.450. The average Bonchev–Trinajstić information content (AvgIpc) is 3.03. The van der Waals surface area contributed by atoms with Crippen LogP contribution >= 0.6 is 0 Å². The third kappa shape index (κ3) is 3.50. The van der Waals surface area contributed by atoms with Crippen LogP contribution in [0.25, 0.3) is 0 Å².